The van der Waals surface area contributed by atoms with Gasteiger partial charge in [-0.05, 0) is 6.42 Å². The SMILES string of the molecule is Fc1cnc(N2CC3CC2CS3)nc1. The van der Waals surface area contributed by atoms with E-state index in [9.17, 15) is 4.39 Å². The minimum absolute atomic E-state index is 0.368. The molecule has 0 N–H and O–H groups in total. The first-order valence-corrected chi connectivity index (χ1v) is 5.73. The average Bonchev–Trinajstić information content (AvgIpc) is 2.80. The molecule has 2 atom stereocenters. The second-order valence-electron chi connectivity index (χ2n) is 3.70. The molecule has 3 heterocycles. The summed E-state index contributed by atoms with van der Waals surface area (Å²) in [6, 6.07) is 0.565. The third-order valence-corrected chi connectivity index (χ3v) is 4.15. The van der Waals surface area contributed by atoms with Crippen molar-refractivity contribution in [2.75, 3.05) is 17.2 Å². The lowest BCUT2D eigenvalue weighted by molar-refractivity contribution is 0.610. The number of halogens is 1. The van der Waals surface area contributed by atoms with Gasteiger partial charge in [0.15, 0.2) is 5.82 Å². The Hall–Kier alpha value is -0.840. The highest BCUT2D eigenvalue weighted by molar-refractivity contribution is 8.00. The minimum Gasteiger partial charge on any atom is -0.336 e. The fraction of sp³-hybridized carbons (Fsp3) is 0.556. The van der Waals surface area contributed by atoms with E-state index in [1.165, 1.54) is 18.8 Å². The van der Waals surface area contributed by atoms with E-state index < -0.39 is 0 Å². The molecule has 2 aliphatic heterocycles. The molecule has 0 spiro atoms. The zero-order chi connectivity index (χ0) is 9.54. The number of anilines is 1. The van der Waals surface area contributed by atoms with Crippen LogP contribution in [-0.2, 0) is 0 Å². The van der Waals surface area contributed by atoms with E-state index in [2.05, 4.69) is 14.9 Å². The zero-order valence-corrected chi connectivity index (χ0v) is 8.38. The van der Waals surface area contributed by atoms with Gasteiger partial charge in [0.2, 0.25) is 5.95 Å². The summed E-state index contributed by atoms with van der Waals surface area (Å²) in [5.41, 5.74) is 0. The summed E-state index contributed by atoms with van der Waals surface area (Å²) in [7, 11) is 0. The van der Waals surface area contributed by atoms with Crippen molar-refractivity contribution in [3.8, 4) is 0 Å². The first kappa shape index (κ1) is 8.47. The number of aromatic nitrogens is 2. The summed E-state index contributed by atoms with van der Waals surface area (Å²) in [5.74, 6) is 1.47. The molecular formula is C9H10FN3S. The third kappa shape index (κ3) is 1.27. The smallest absolute Gasteiger partial charge is 0.225 e. The number of thioether (sulfide) groups is 1. The van der Waals surface area contributed by atoms with E-state index in [4.69, 9.17) is 0 Å². The van der Waals surface area contributed by atoms with Crippen molar-refractivity contribution in [1.82, 2.24) is 9.97 Å². The number of nitrogens with zero attached hydrogens (tertiary/aromatic N) is 3. The molecule has 2 fully saturated rings. The summed E-state index contributed by atoms with van der Waals surface area (Å²) in [5, 5.41) is 0.730. The molecule has 2 aliphatic rings. The molecule has 3 rings (SSSR count). The summed E-state index contributed by atoms with van der Waals surface area (Å²) in [6.07, 6.45) is 3.70. The minimum atomic E-state index is -0.368. The van der Waals surface area contributed by atoms with Gasteiger partial charge in [0.1, 0.15) is 0 Å². The van der Waals surface area contributed by atoms with E-state index in [-0.39, 0.29) is 5.82 Å². The van der Waals surface area contributed by atoms with Crippen LogP contribution in [0.1, 0.15) is 6.42 Å². The van der Waals surface area contributed by atoms with Gasteiger partial charge in [-0.25, -0.2) is 14.4 Å². The Kier molecular flexibility index (Phi) is 1.87. The van der Waals surface area contributed by atoms with Gasteiger partial charge in [-0.15, -0.1) is 0 Å². The summed E-state index contributed by atoms with van der Waals surface area (Å²) >= 11 is 2.02. The van der Waals surface area contributed by atoms with Crippen molar-refractivity contribution in [3.05, 3.63) is 18.2 Å². The van der Waals surface area contributed by atoms with Crippen LogP contribution in [0.3, 0.4) is 0 Å². The average molecular weight is 211 g/mol. The van der Waals surface area contributed by atoms with Crippen molar-refractivity contribution in [2.24, 2.45) is 0 Å². The summed E-state index contributed by atoms with van der Waals surface area (Å²) in [4.78, 5) is 10.2. The van der Waals surface area contributed by atoms with Gasteiger partial charge >= 0.3 is 0 Å². The van der Waals surface area contributed by atoms with E-state index >= 15 is 0 Å². The van der Waals surface area contributed by atoms with Gasteiger partial charge in [0, 0.05) is 23.6 Å². The molecule has 0 aromatic carbocycles. The van der Waals surface area contributed by atoms with Crippen LogP contribution in [0.5, 0.6) is 0 Å². The fourth-order valence-corrected chi connectivity index (χ4v) is 3.53. The predicted octanol–water partition coefficient (Wildman–Crippen LogP) is 1.31. The maximum absolute atomic E-state index is 12.6. The third-order valence-electron chi connectivity index (χ3n) is 2.76. The van der Waals surface area contributed by atoms with Crippen molar-refractivity contribution < 1.29 is 4.39 Å². The molecular weight excluding hydrogens is 201 g/mol. The monoisotopic (exact) mass is 211 g/mol. The molecule has 2 saturated heterocycles. The quantitative estimate of drug-likeness (QED) is 0.700. The lowest BCUT2D eigenvalue weighted by atomic mass is 10.2. The van der Waals surface area contributed by atoms with E-state index in [0.717, 1.165) is 17.5 Å². The molecule has 0 saturated carbocycles. The van der Waals surface area contributed by atoms with Crippen molar-refractivity contribution in [1.29, 1.82) is 0 Å². The van der Waals surface area contributed by atoms with Gasteiger partial charge in [-0.1, -0.05) is 0 Å². The second kappa shape index (κ2) is 3.08. The van der Waals surface area contributed by atoms with Crippen LogP contribution in [0, 0.1) is 5.82 Å². The Morgan fingerprint density at radius 1 is 1.43 bits per heavy atom. The van der Waals surface area contributed by atoms with Crippen molar-refractivity contribution in [3.63, 3.8) is 0 Å². The van der Waals surface area contributed by atoms with Crippen LogP contribution in [0.25, 0.3) is 0 Å². The Morgan fingerprint density at radius 2 is 2.21 bits per heavy atom. The summed E-state index contributed by atoms with van der Waals surface area (Å²) in [6.45, 7) is 1.01. The first-order valence-electron chi connectivity index (χ1n) is 4.69. The summed E-state index contributed by atoms with van der Waals surface area (Å²) < 4.78 is 12.6. The maximum Gasteiger partial charge on any atom is 0.225 e. The second-order valence-corrected chi connectivity index (χ2v) is 5.03. The topological polar surface area (TPSA) is 29.0 Å². The van der Waals surface area contributed by atoms with E-state index in [1.807, 2.05) is 11.8 Å². The van der Waals surface area contributed by atoms with E-state index in [1.54, 1.807) is 0 Å². The van der Waals surface area contributed by atoms with Crippen molar-refractivity contribution >= 4 is 17.7 Å². The molecule has 74 valence electrons. The molecule has 0 radical (unpaired) electrons. The van der Waals surface area contributed by atoms with Gasteiger partial charge in [0.05, 0.1) is 12.4 Å². The predicted molar refractivity (Wildman–Crippen MR) is 54.0 cm³/mol. The highest BCUT2D eigenvalue weighted by atomic mass is 32.2. The molecule has 0 amide bonds. The number of hydrogen-bond acceptors (Lipinski definition) is 4. The highest BCUT2D eigenvalue weighted by Crippen LogP contribution is 2.38. The van der Waals surface area contributed by atoms with Gasteiger partial charge in [0.25, 0.3) is 0 Å². The van der Waals surface area contributed by atoms with E-state index in [0.29, 0.717) is 12.0 Å². The normalized spacial score (nSPS) is 29.9. The maximum atomic E-state index is 12.6. The van der Waals surface area contributed by atoms with Crippen LogP contribution in [-0.4, -0.2) is 33.6 Å². The number of fused-ring (bicyclic) bond motifs is 2. The molecule has 2 unspecified atom stereocenters. The number of hydrogen-bond donors (Lipinski definition) is 0. The standard InChI is InChI=1S/C9H10FN3S/c10-6-2-11-9(12-3-6)13-4-8-1-7(13)5-14-8/h2-3,7-8H,1,4-5H2. The molecule has 2 bridgehead atoms. The molecule has 1 aromatic rings. The highest BCUT2D eigenvalue weighted by Gasteiger charge is 2.39. The van der Waals surface area contributed by atoms with Crippen LogP contribution >= 0.6 is 11.8 Å². The first-order chi connectivity index (χ1) is 6.83. The van der Waals surface area contributed by atoms with Gasteiger partial charge in [-0.2, -0.15) is 11.8 Å². The molecule has 0 aliphatic carbocycles. The van der Waals surface area contributed by atoms with Crippen LogP contribution in [0.4, 0.5) is 10.3 Å². The number of rotatable bonds is 1. The molecule has 5 heteroatoms. The Labute approximate surface area is 85.7 Å². The zero-order valence-electron chi connectivity index (χ0n) is 7.56. The molecule has 14 heavy (non-hydrogen) atoms. The fourth-order valence-electron chi connectivity index (χ4n) is 2.10. The van der Waals surface area contributed by atoms with Crippen LogP contribution < -0.4 is 4.90 Å². The van der Waals surface area contributed by atoms with Gasteiger partial charge < -0.3 is 4.90 Å². The lowest BCUT2D eigenvalue weighted by Gasteiger charge is -2.26. The largest absolute Gasteiger partial charge is 0.336 e. The molecule has 1 aromatic heterocycles. The van der Waals surface area contributed by atoms with Crippen LogP contribution in [0.15, 0.2) is 12.4 Å². The molecule has 3 nitrogen and oxygen atoms in total. The van der Waals surface area contributed by atoms with Crippen LogP contribution in [0.2, 0.25) is 0 Å². The Morgan fingerprint density at radius 3 is 2.79 bits per heavy atom. The van der Waals surface area contributed by atoms with Crippen molar-refractivity contribution in [2.45, 2.75) is 17.7 Å². The lowest BCUT2D eigenvalue weighted by Crippen LogP contribution is -2.35. The van der Waals surface area contributed by atoms with Gasteiger partial charge in [-0.3, -0.25) is 0 Å². The Bertz CT molecular complexity index is 342. The Balaban J connectivity index is 1.86.